The molecular formula is C11H16N4O2. The van der Waals surface area contributed by atoms with Crippen molar-refractivity contribution in [1.29, 1.82) is 5.26 Å². The summed E-state index contributed by atoms with van der Waals surface area (Å²) >= 11 is 0. The lowest BCUT2D eigenvalue weighted by atomic mass is 10.2. The number of hydrogen-bond donors (Lipinski definition) is 1. The van der Waals surface area contributed by atoms with Gasteiger partial charge < -0.3 is 10.5 Å². The van der Waals surface area contributed by atoms with Crippen LogP contribution in [-0.2, 0) is 11.3 Å². The molecule has 0 saturated heterocycles. The lowest BCUT2D eigenvalue weighted by Crippen LogP contribution is -2.12. The Hall–Kier alpha value is -2.03. The van der Waals surface area contributed by atoms with Gasteiger partial charge in [-0.25, -0.2) is 9.48 Å². The van der Waals surface area contributed by atoms with Crippen molar-refractivity contribution in [2.45, 2.75) is 27.3 Å². The summed E-state index contributed by atoms with van der Waals surface area (Å²) in [4.78, 5) is 11.6. The van der Waals surface area contributed by atoms with Gasteiger partial charge in [0.1, 0.15) is 11.4 Å². The molecule has 0 aromatic carbocycles. The second-order valence-electron chi connectivity index (χ2n) is 3.78. The third-order valence-corrected chi connectivity index (χ3v) is 2.31. The fraction of sp³-hybridized carbons (Fsp3) is 0.545. The van der Waals surface area contributed by atoms with Gasteiger partial charge in [-0.05, 0) is 20.8 Å². The van der Waals surface area contributed by atoms with Crippen molar-refractivity contribution in [2.75, 3.05) is 12.3 Å². The lowest BCUT2D eigenvalue weighted by Gasteiger charge is -2.05. The van der Waals surface area contributed by atoms with Gasteiger partial charge in [0.05, 0.1) is 30.8 Å². The average Bonchev–Trinajstić information content (AvgIpc) is 2.54. The van der Waals surface area contributed by atoms with E-state index in [0.29, 0.717) is 12.2 Å². The Morgan fingerprint density at radius 2 is 2.35 bits per heavy atom. The Bertz CT molecular complexity index is 459. The first-order valence-electron chi connectivity index (χ1n) is 5.40. The van der Waals surface area contributed by atoms with Crippen LogP contribution in [0.1, 0.15) is 29.9 Å². The highest BCUT2D eigenvalue weighted by Crippen LogP contribution is 2.18. The van der Waals surface area contributed by atoms with Crippen LogP contribution in [0.4, 0.5) is 5.82 Å². The average molecular weight is 236 g/mol. The predicted molar refractivity (Wildman–Crippen MR) is 62.1 cm³/mol. The lowest BCUT2D eigenvalue weighted by molar-refractivity contribution is 0.0526. The highest BCUT2D eigenvalue weighted by atomic mass is 16.5. The monoisotopic (exact) mass is 236 g/mol. The van der Waals surface area contributed by atoms with E-state index < -0.39 is 5.97 Å². The number of nitrogens with zero attached hydrogens (tertiary/aromatic N) is 3. The maximum absolute atomic E-state index is 11.6. The molecule has 17 heavy (non-hydrogen) atoms. The van der Waals surface area contributed by atoms with E-state index in [9.17, 15) is 4.79 Å². The molecule has 0 aliphatic heterocycles. The van der Waals surface area contributed by atoms with Crippen LogP contribution < -0.4 is 5.73 Å². The maximum Gasteiger partial charge on any atom is 0.343 e. The predicted octanol–water partition coefficient (Wildman–Crippen LogP) is 1.11. The van der Waals surface area contributed by atoms with Gasteiger partial charge in [-0.3, -0.25) is 0 Å². The molecule has 1 atom stereocenters. The fourth-order valence-electron chi connectivity index (χ4n) is 1.49. The van der Waals surface area contributed by atoms with Gasteiger partial charge in [-0.15, -0.1) is 0 Å². The van der Waals surface area contributed by atoms with Crippen molar-refractivity contribution in [1.82, 2.24) is 9.78 Å². The number of anilines is 1. The largest absolute Gasteiger partial charge is 0.462 e. The van der Waals surface area contributed by atoms with Crippen LogP contribution in [0, 0.1) is 24.2 Å². The van der Waals surface area contributed by atoms with Gasteiger partial charge in [0, 0.05) is 0 Å². The number of ether oxygens (including phenoxy) is 1. The summed E-state index contributed by atoms with van der Waals surface area (Å²) in [7, 11) is 0. The topological polar surface area (TPSA) is 93.9 Å². The van der Waals surface area contributed by atoms with E-state index in [1.807, 2.05) is 0 Å². The minimum atomic E-state index is -0.474. The van der Waals surface area contributed by atoms with E-state index in [2.05, 4.69) is 11.2 Å². The standard InChI is InChI=1S/C11H16N4O2/c1-4-17-11(16)9-8(3)14-15(10(9)13)6-7(2)5-12/h7H,4,6,13H2,1-3H3. The summed E-state index contributed by atoms with van der Waals surface area (Å²) in [6, 6.07) is 2.09. The molecule has 1 aromatic rings. The van der Waals surface area contributed by atoms with Gasteiger partial charge in [-0.2, -0.15) is 10.4 Å². The number of rotatable bonds is 4. The summed E-state index contributed by atoms with van der Waals surface area (Å²) in [6.07, 6.45) is 0. The van der Waals surface area contributed by atoms with E-state index in [-0.39, 0.29) is 23.9 Å². The van der Waals surface area contributed by atoms with Gasteiger partial charge >= 0.3 is 5.97 Å². The highest BCUT2D eigenvalue weighted by Gasteiger charge is 2.21. The van der Waals surface area contributed by atoms with Crippen LogP contribution >= 0.6 is 0 Å². The van der Waals surface area contributed by atoms with Crippen LogP contribution in [0.15, 0.2) is 0 Å². The molecule has 1 heterocycles. The quantitative estimate of drug-likeness (QED) is 0.790. The minimum Gasteiger partial charge on any atom is -0.462 e. The number of hydrogen-bond acceptors (Lipinski definition) is 5. The third-order valence-electron chi connectivity index (χ3n) is 2.31. The van der Waals surface area contributed by atoms with Crippen molar-refractivity contribution in [3.8, 4) is 6.07 Å². The molecule has 92 valence electrons. The van der Waals surface area contributed by atoms with Crippen LogP contribution in [-0.4, -0.2) is 22.4 Å². The minimum absolute atomic E-state index is 0.216. The SMILES string of the molecule is CCOC(=O)c1c(C)nn(CC(C)C#N)c1N. The summed E-state index contributed by atoms with van der Waals surface area (Å²) in [6.45, 7) is 5.84. The Morgan fingerprint density at radius 1 is 1.71 bits per heavy atom. The molecule has 0 aliphatic carbocycles. The molecule has 0 fully saturated rings. The molecular weight excluding hydrogens is 220 g/mol. The van der Waals surface area contributed by atoms with Crippen LogP contribution in [0.25, 0.3) is 0 Å². The number of carbonyl (C=O) groups excluding carboxylic acids is 1. The Morgan fingerprint density at radius 3 is 2.88 bits per heavy atom. The molecule has 0 radical (unpaired) electrons. The van der Waals surface area contributed by atoms with Gasteiger partial charge in [-0.1, -0.05) is 0 Å². The first-order valence-corrected chi connectivity index (χ1v) is 5.40. The smallest absolute Gasteiger partial charge is 0.343 e. The molecule has 1 unspecified atom stereocenters. The molecule has 6 nitrogen and oxygen atoms in total. The fourth-order valence-corrected chi connectivity index (χ4v) is 1.49. The van der Waals surface area contributed by atoms with Crippen molar-refractivity contribution in [3.05, 3.63) is 11.3 Å². The molecule has 2 N–H and O–H groups in total. The molecule has 1 rings (SSSR count). The molecule has 6 heteroatoms. The van der Waals surface area contributed by atoms with Crippen LogP contribution in [0.2, 0.25) is 0 Å². The summed E-state index contributed by atoms with van der Waals surface area (Å²) in [5, 5.41) is 12.9. The van der Waals surface area contributed by atoms with E-state index in [0.717, 1.165) is 0 Å². The Balaban J connectivity index is 3.02. The van der Waals surface area contributed by atoms with Crippen molar-refractivity contribution < 1.29 is 9.53 Å². The van der Waals surface area contributed by atoms with E-state index >= 15 is 0 Å². The van der Waals surface area contributed by atoms with Crippen molar-refractivity contribution >= 4 is 11.8 Å². The Kier molecular flexibility index (Phi) is 4.10. The van der Waals surface area contributed by atoms with Gasteiger partial charge in [0.15, 0.2) is 0 Å². The second-order valence-corrected chi connectivity index (χ2v) is 3.78. The van der Waals surface area contributed by atoms with Crippen LogP contribution in [0.3, 0.4) is 0 Å². The zero-order valence-corrected chi connectivity index (χ0v) is 10.2. The number of nitriles is 1. The number of esters is 1. The summed E-state index contributed by atoms with van der Waals surface area (Å²) < 4.78 is 6.36. The number of carbonyl (C=O) groups is 1. The number of nitrogens with two attached hydrogens (primary N) is 1. The summed E-state index contributed by atoms with van der Waals surface area (Å²) in [5.74, 6) is -0.437. The Labute approximate surface area is 100.0 Å². The highest BCUT2D eigenvalue weighted by molar-refractivity contribution is 5.95. The number of aromatic nitrogens is 2. The molecule has 1 aromatic heterocycles. The van der Waals surface area contributed by atoms with Crippen molar-refractivity contribution in [2.24, 2.45) is 5.92 Å². The van der Waals surface area contributed by atoms with Gasteiger partial charge in [0.25, 0.3) is 0 Å². The third kappa shape index (κ3) is 2.75. The van der Waals surface area contributed by atoms with Gasteiger partial charge in [0.2, 0.25) is 0 Å². The van der Waals surface area contributed by atoms with E-state index in [1.165, 1.54) is 4.68 Å². The first kappa shape index (κ1) is 13.0. The van der Waals surface area contributed by atoms with Crippen LogP contribution in [0.5, 0.6) is 0 Å². The molecule has 0 amide bonds. The molecule has 0 spiro atoms. The second kappa shape index (κ2) is 5.34. The number of nitrogen functional groups attached to an aromatic ring is 1. The molecule has 0 bridgehead atoms. The maximum atomic E-state index is 11.6. The van der Waals surface area contributed by atoms with Crippen molar-refractivity contribution in [3.63, 3.8) is 0 Å². The number of aryl methyl sites for hydroxylation is 1. The zero-order chi connectivity index (χ0) is 13.0. The summed E-state index contributed by atoms with van der Waals surface area (Å²) in [5.41, 5.74) is 6.64. The normalized spacial score (nSPS) is 11.9. The molecule has 0 aliphatic rings. The molecule has 0 saturated carbocycles. The zero-order valence-electron chi connectivity index (χ0n) is 10.2. The van der Waals surface area contributed by atoms with E-state index in [1.54, 1.807) is 20.8 Å². The van der Waals surface area contributed by atoms with E-state index in [4.69, 9.17) is 15.7 Å². The first-order chi connectivity index (χ1) is 8.01.